The second-order valence-electron chi connectivity index (χ2n) is 3.44. The Kier molecular flexibility index (Phi) is 4.79. The zero-order chi connectivity index (χ0) is 13.1. The first-order valence-corrected chi connectivity index (χ1v) is 7.12. The summed E-state index contributed by atoms with van der Waals surface area (Å²) in [5.41, 5.74) is 0.932. The first-order chi connectivity index (χ1) is 7.83. The minimum atomic E-state index is -3.70. The molecule has 4 nitrogen and oxygen atoms in total. The van der Waals surface area contributed by atoms with E-state index < -0.39 is 20.9 Å². The molecule has 17 heavy (non-hydrogen) atoms. The lowest BCUT2D eigenvalue weighted by Gasteiger charge is -2.08. The van der Waals surface area contributed by atoms with E-state index in [9.17, 15) is 17.6 Å². The Hall–Kier alpha value is -0.790. The molecule has 1 N–H and O–H groups in total. The van der Waals surface area contributed by atoms with Gasteiger partial charge in [0.2, 0.25) is 10.0 Å². The van der Waals surface area contributed by atoms with Gasteiger partial charge in [0, 0.05) is 6.54 Å². The molecule has 1 atom stereocenters. The van der Waals surface area contributed by atoms with Gasteiger partial charge >= 0.3 is 6.04 Å². The summed E-state index contributed by atoms with van der Waals surface area (Å²) in [6, 6.07) is 4.58. The standard InChI is InChI=1S/C10H11BrFNO3S/c1-7-2-4-8(5-3-7)17(15,16)13-6-9(11)10(12)14/h2-5,9,13H,6H2,1H3/t9-/m1/s1. The molecule has 94 valence electrons. The van der Waals surface area contributed by atoms with Crippen molar-refractivity contribution < 1.29 is 17.6 Å². The molecule has 0 aromatic heterocycles. The number of aryl methyl sites for hydroxylation is 1. The summed E-state index contributed by atoms with van der Waals surface area (Å²) in [7, 11) is -3.70. The Balaban J connectivity index is 2.76. The van der Waals surface area contributed by atoms with Crippen molar-refractivity contribution >= 4 is 32.0 Å². The lowest BCUT2D eigenvalue weighted by atomic mass is 10.2. The lowest BCUT2D eigenvalue weighted by Crippen LogP contribution is -2.32. The normalized spacial score (nSPS) is 13.4. The summed E-state index contributed by atoms with van der Waals surface area (Å²) >= 11 is 2.73. The molecule has 0 saturated heterocycles. The van der Waals surface area contributed by atoms with Gasteiger partial charge in [0.1, 0.15) is 4.83 Å². The van der Waals surface area contributed by atoms with E-state index in [-0.39, 0.29) is 11.4 Å². The third kappa shape index (κ3) is 4.18. The summed E-state index contributed by atoms with van der Waals surface area (Å²) in [6.45, 7) is 1.51. The molecule has 0 bridgehead atoms. The van der Waals surface area contributed by atoms with Gasteiger partial charge in [0.15, 0.2) is 0 Å². The van der Waals surface area contributed by atoms with Crippen LogP contribution in [-0.2, 0) is 14.8 Å². The Labute approximate surface area is 107 Å². The number of sulfonamides is 1. The highest BCUT2D eigenvalue weighted by atomic mass is 79.9. The van der Waals surface area contributed by atoms with Crippen molar-refractivity contribution in [2.24, 2.45) is 0 Å². The van der Waals surface area contributed by atoms with Gasteiger partial charge in [-0.25, -0.2) is 13.1 Å². The van der Waals surface area contributed by atoms with Crippen LogP contribution in [0.3, 0.4) is 0 Å². The minimum absolute atomic E-state index is 0.0779. The highest BCUT2D eigenvalue weighted by molar-refractivity contribution is 9.10. The van der Waals surface area contributed by atoms with Crippen LogP contribution in [0.5, 0.6) is 0 Å². The molecule has 0 spiro atoms. The van der Waals surface area contributed by atoms with Crippen LogP contribution in [0.15, 0.2) is 29.2 Å². The maximum Gasteiger partial charge on any atom is 0.316 e. The molecule has 1 rings (SSSR count). The predicted octanol–water partition coefficient (Wildman–Crippen LogP) is 1.53. The van der Waals surface area contributed by atoms with E-state index in [1.165, 1.54) is 12.1 Å². The summed E-state index contributed by atoms with van der Waals surface area (Å²) in [5.74, 6) is 0. The third-order valence-electron chi connectivity index (χ3n) is 2.03. The molecular formula is C10H11BrFNO3S. The maximum atomic E-state index is 12.2. The van der Waals surface area contributed by atoms with E-state index in [2.05, 4.69) is 20.7 Å². The van der Waals surface area contributed by atoms with Gasteiger partial charge in [-0.05, 0) is 19.1 Å². The zero-order valence-corrected chi connectivity index (χ0v) is 11.4. The number of benzene rings is 1. The smallest absolute Gasteiger partial charge is 0.260 e. The minimum Gasteiger partial charge on any atom is -0.260 e. The van der Waals surface area contributed by atoms with Crippen molar-refractivity contribution in [3.8, 4) is 0 Å². The fraction of sp³-hybridized carbons (Fsp3) is 0.300. The number of halogens is 2. The molecular weight excluding hydrogens is 313 g/mol. The molecule has 0 aliphatic carbocycles. The Bertz CT molecular complexity index is 501. The van der Waals surface area contributed by atoms with E-state index in [4.69, 9.17) is 0 Å². The monoisotopic (exact) mass is 323 g/mol. The lowest BCUT2D eigenvalue weighted by molar-refractivity contribution is -0.128. The van der Waals surface area contributed by atoms with Gasteiger partial charge in [0.25, 0.3) is 0 Å². The molecule has 0 fully saturated rings. The van der Waals surface area contributed by atoms with Crippen LogP contribution in [-0.4, -0.2) is 25.8 Å². The number of nitrogens with one attached hydrogen (secondary N) is 1. The van der Waals surface area contributed by atoms with Crippen molar-refractivity contribution in [3.63, 3.8) is 0 Å². The Morgan fingerprint density at radius 2 is 1.94 bits per heavy atom. The van der Waals surface area contributed by atoms with Crippen LogP contribution in [0, 0.1) is 6.92 Å². The van der Waals surface area contributed by atoms with Crippen molar-refractivity contribution in [1.29, 1.82) is 0 Å². The van der Waals surface area contributed by atoms with Crippen LogP contribution in [0.4, 0.5) is 4.39 Å². The average Bonchev–Trinajstić information content (AvgIpc) is 2.26. The van der Waals surface area contributed by atoms with Crippen molar-refractivity contribution in [2.45, 2.75) is 16.6 Å². The van der Waals surface area contributed by atoms with Crippen molar-refractivity contribution in [2.75, 3.05) is 6.54 Å². The fourth-order valence-electron chi connectivity index (χ4n) is 1.06. The maximum absolute atomic E-state index is 12.2. The molecule has 1 aromatic carbocycles. The molecule has 0 saturated carbocycles. The van der Waals surface area contributed by atoms with Crippen molar-refractivity contribution in [3.05, 3.63) is 29.8 Å². The van der Waals surface area contributed by atoms with Gasteiger partial charge in [-0.15, -0.1) is 0 Å². The summed E-state index contributed by atoms with van der Waals surface area (Å²) in [6.07, 6.45) is 0. The second-order valence-corrected chi connectivity index (χ2v) is 6.31. The third-order valence-corrected chi connectivity index (χ3v) is 4.15. The molecule has 0 amide bonds. The number of carbonyl (C=O) groups is 1. The first kappa shape index (κ1) is 14.3. The van der Waals surface area contributed by atoms with Crippen LogP contribution >= 0.6 is 15.9 Å². The van der Waals surface area contributed by atoms with Crippen LogP contribution in [0.25, 0.3) is 0 Å². The highest BCUT2D eigenvalue weighted by Gasteiger charge is 2.19. The van der Waals surface area contributed by atoms with E-state index in [1.54, 1.807) is 12.1 Å². The molecule has 7 heteroatoms. The fourth-order valence-corrected chi connectivity index (χ4v) is 2.49. The number of hydrogen-bond donors (Lipinski definition) is 1. The van der Waals surface area contributed by atoms with Gasteiger partial charge in [0.05, 0.1) is 4.90 Å². The number of alkyl halides is 1. The second kappa shape index (κ2) is 5.70. The van der Waals surface area contributed by atoms with E-state index in [0.717, 1.165) is 5.56 Å². The van der Waals surface area contributed by atoms with E-state index in [0.29, 0.717) is 0 Å². The topological polar surface area (TPSA) is 63.2 Å². The molecule has 0 radical (unpaired) electrons. The zero-order valence-electron chi connectivity index (χ0n) is 8.98. The molecule has 0 aliphatic rings. The Morgan fingerprint density at radius 3 is 2.41 bits per heavy atom. The first-order valence-electron chi connectivity index (χ1n) is 4.72. The quantitative estimate of drug-likeness (QED) is 0.660. The van der Waals surface area contributed by atoms with Gasteiger partial charge in [-0.3, -0.25) is 4.79 Å². The Morgan fingerprint density at radius 1 is 1.41 bits per heavy atom. The van der Waals surface area contributed by atoms with Crippen LogP contribution in [0.1, 0.15) is 5.56 Å². The van der Waals surface area contributed by atoms with Crippen molar-refractivity contribution in [1.82, 2.24) is 4.72 Å². The molecule has 0 aliphatic heterocycles. The summed E-state index contributed by atoms with van der Waals surface area (Å²) in [5, 5.41) is 0. The highest BCUT2D eigenvalue weighted by Crippen LogP contribution is 2.10. The van der Waals surface area contributed by atoms with Crippen LogP contribution in [0.2, 0.25) is 0 Å². The molecule has 1 aromatic rings. The molecule has 0 heterocycles. The number of hydrogen-bond acceptors (Lipinski definition) is 3. The van der Waals surface area contributed by atoms with Crippen LogP contribution < -0.4 is 4.72 Å². The average molecular weight is 324 g/mol. The van der Waals surface area contributed by atoms with E-state index >= 15 is 0 Å². The number of carbonyl (C=O) groups excluding carboxylic acids is 1. The van der Waals surface area contributed by atoms with Gasteiger partial charge in [-0.2, -0.15) is 4.39 Å². The molecule has 0 unspecified atom stereocenters. The summed E-state index contributed by atoms with van der Waals surface area (Å²) < 4.78 is 37.8. The SMILES string of the molecule is Cc1ccc(S(=O)(=O)NC[C@@H](Br)C(=O)F)cc1. The van der Waals surface area contributed by atoms with E-state index in [1.807, 2.05) is 6.92 Å². The largest absolute Gasteiger partial charge is 0.316 e. The summed E-state index contributed by atoms with van der Waals surface area (Å²) in [4.78, 5) is 9.21. The number of rotatable bonds is 5. The van der Waals surface area contributed by atoms with Gasteiger partial charge in [-0.1, -0.05) is 33.6 Å². The van der Waals surface area contributed by atoms with Gasteiger partial charge < -0.3 is 0 Å². The predicted molar refractivity (Wildman–Crippen MR) is 65.2 cm³/mol.